The maximum absolute atomic E-state index is 12.6. The van der Waals surface area contributed by atoms with Crippen molar-refractivity contribution in [2.45, 2.75) is 6.18 Å². The van der Waals surface area contributed by atoms with Gasteiger partial charge in [-0.2, -0.15) is 13.2 Å². The Labute approximate surface area is 159 Å². The monoisotopic (exact) mass is 398 g/mol. The van der Waals surface area contributed by atoms with E-state index in [0.717, 1.165) is 12.3 Å². The van der Waals surface area contributed by atoms with Crippen molar-refractivity contribution in [3.05, 3.63) is 53.2 Å². The molecule has 1 saturated heterocycles. The number of halogens is 4. The van der Waals surface area contributed by atoms with Crippen LogP contribution in [0.5, 0.6) is 0 Å². The number of nitrogens with zero attached hydrogens (tertiary/aromatic N) is 3. The number of hydrogen-bond acceptors (Lipinski definition) is 4. The van der Waals surface area contributed by atoms with E-state index in [2.05, 4.69) is 10.3 Å². The smallest absolute Gasteiger partial charge is 0.354 e. The summed E-state index contributed by atoms with van der Waals surface area (Å²) in [6.45, 7) is 2.64. The topological polar surface area (TPSA) is 48.5 Å². The number of aromatic nitrogens is 1. The minimum Gasteiger partial charge on any atom is -0.354 e. The zero-order valence-electron chi connectivity index (χ0n) is 14.3. The van der Waals surface area contributed by atoms with Crippen molar-refractivity contribution in [1.29, 1.82) is 0 Å². The van der Waals surface area contributed by atoms with Crippen LogP contribution in [-0.4, -0.2) is 48.5 Å². The molecular weight excluding hydrogens is 381 g/mol. The van der Waals surface area contributed by atoms with Crippen molar-refractivity contribution < 1.29 is 18.0 Å². The van der Waals surface area contributed by atoms with Crippen molar-refractivity contribution in [2.24, 2.45) is 0 Å². The number of piperazine rings is 1. The zero-order chi connectivity index (χ0) is 19.4. The summed E-state index contributed by atoms with van der Waals surface area (Å²) in [5.74, 6) is 0.365. The third-order valence-electron chi connectivity index (χ3n) is 4.25. The Morgan fingerprint density at radius 2 is 1.89 bits per heavy atom. The fourth-order valence-corrected chi connectivity index (χ4v) is 3.04. The highest BCUT2D eigenvalue weighted by Gasteiger charge is 2.31. The molecule has 1 amide bonds. The number of alkyl halides is 3. The molecule has 0 saturated carbocycles. The van der Waals surface area contributed by atoms with Gasteiger partial charge < -0.3 is 10.2 Å². The van der Waals surface area contributed by atoms with E-state index in [4.69, 9.17) is 11.6 Å². The summed E-state index contributed by atoms with van der Waals surface area (Å²) >= 11 is 5.89. The van der Waals surface area contributed by atoms with Gasteiger partial charge >= 0.3 is 6.18 Å². The van der Waals surface area contributed by atoms with Gasteiger partial charge in [0, 0.05) is 43.1 Å². The summed E-state index contributed by atoms with van der Waals surface area (Å²) in [5, 5.41) is 3.34. The number of nitrogens with one attached hydrogen (secondary N) is 1. The van der Waals surface area contributed by atoms with E-state index in [1.165, 1.54) is 6.07 Å². The number of carbonyl (C=O) groups excluding carboxylic acids is 1. The molecule has 1 fully saturated rings. The summed E-state index contributed by atoms with van der Waals surface area (Å²) < 4.78 is 37.8. The number of rotatable bonds is 4. The highest BCUT2D eigenvalue weighted by atomic mass is 35.5. The van der Waals surface area contributed by atoms with E-state index in [-0.39, 0.29) is 12.5 Å². The van der Waals surface area contributed by atoms with Crippen LogP contribution >= 0.6 is 11.6 Å². The largest absolute Gasteiger partial charge is 0.417 e. The molecule has 1 aliphatic rings. The first-order valence-corrected chi connectivity index (χ1v) is 8.75. The lowest BCUT2D eigenvalue weighted by atomic mass is 10.2. The lowest BCUT2D eigenvalue weighted by Crippen LogP contribution is -2.48. The first-order chi connectivity index (χ1) is 12.8. The number of carbonyl (C=O) groups is 1. The molecule has 2 aromatic rings. The van der Waals surface area contributed by atoms with Crippen molar-refractivity contribution in [3.8, 4) is 0 Å². The number of anilines is 2. The van der Waals surface area contributed by atoms with Gasteiger partial charge in [0.25, 0.3) is 0 Å². The van der Waals surface area contributed by atoms with Crippen LogP contribution < -0.4 is 10.2 Å². The van der Waals surface area contributed by atoms with E-state index >= 15 is 0 Å². The van der Waals surface area contributed by atoms with Crippen LogP contribution in [0.15, 0.2) is 42.6 Å². The minimum absolute atomic E-state index is 0.140. The normalized spacial score (nSPS) is 15.6. The average molecular weight is 399 g/mol. The molecule has 1 aliphatic heterocycles. The minimum atomic E-state index is -4.39. The molecule has 5 nitrogen and oxygen atoms in total. The number of hydrogen-bond donors (Lipinski definition) is 1. The molecule has 9 heteroatoms. The van der Waals surface area contributed by atoms with Crippen molar-refractivity contribution in [1.82, 2.24) is 9.88 Å². The van der Waals surface area contributed by atoms with Gasteiger partial charge in [0.15, 0.2) is 0 Å². The molecule has 0 unspecified atom stereocenters. The number of benzene rings is 1. The van der Waals surface area contributed by atoms with Gasteiger partial charge in [-0.25, -0.2) is 4.98 Å². The van der Waals surface area contributed by atoms with Crippen LogP contribution in [0.4, 0.5) is 24.7 Å². The zero-order valence-corrected chi connectivity index (χ0v) is 15.1. The van der Waals surface area contributed by atoms with Crippen LogP contribution in [0.2, 0.25) is 5.02 Å². The van der Waals surface area contributed by atoms with E-state index in [9.17, 15) is 18.0 Å². The predicted octanol–water partition coefficient (Wildman–Crippen LogP) is 3.51. The second-order valence-electron chi connectivity index (χ2n) is 6.22. The Hall–Kier alpha value is -2.32. The van der Waals surface area contributed by atoms with E-state index in [1.54, 1.807) is 24.3 Å². The Balaban J connectivity index is 1.49. The number of amides is 1. The molecule has 0 radical (unpaired) electrons. The average Bonchev–Trinajstić information content (AvgIpc) is 2.62. The lowest BCUT2D eigenvalue weighted by Gasteiger charge is -2.35. The molecule has 2 heterocycles. The summed E-state index contributed by atoms with van der Waals surface area (Å²) in [4.78, 5) is 20.0. The summed E-state index contributed by atoms with van der Waals surface area (Å²) in [7, 11) is 0. The second-order valence-corrected chi connectivity index (χ2v) is 6.66. The van der Waals surface area contributed by atoms with Crippen LogP contribution in [0.1, 0.15) is 5.56 Å². The van der Waals surface area contributed by atoms with Gasteiger partial charge in [-0.1, -0.05) is 17.7 Å². The first kappa shape index (κ1) is 19.4. The van der Waals surface area contributed by atoms with Gasteiger partial charge in [-0.3, -0.25) is 9.69 Å². The van der Waals surface area contributed by atoms with Crippen molar-refractivity contribution in [3.63, 3.8) is 0 Å². The fourth-order valence-electron chi connectivity index (χ4n) is 2.85. The molecule has 3 rings (SSSR count). The Morgan fingerprint density at radius 3 is 2.48 bits per heavy atom. The molecule has 27 heavy (non-hydrogen) atoms. The van der Waals surface area contributed by atoms with Gasteiger partial charge in [-0.05, 0) is 30.3 Å². The Morgan fingerprint density at radius 1 is 1.15 bits per heavy atom. The SMILES string of the molecule is O=C(CN1CCN(c2ccc(C(F)(F)F)cn2)CC1)Nc1cccc(Cl)c1. The third kappa shape index (κ3) is 5.33. The number of pyridine rings is 1. The quantitative estimate of drug-likeness (QED) is 0.856. The van der Waals surface area contributed by atoms with E-state index in [0.29, 0.717) is 42.7 Å². The Bertz CT molecular complexity index is 790. The van der Waals surface area contributed by atoms with E-state index in [1.807, 2.05) is 9.80 Å². The van der Waals surface area contributed by atoms with E-state index < -0.39 is 11.7 Å². The van der Waals surface area contributed by atoms with Crippen molar-refractivity contribution in [2.75, 3.05) is 42.9 Å². The molecule has 1 aromatic carbocycles. The second kappa shape index (κ2) is 8.14. The molecule has 0 aliphatic carbocycles. The summed E-state index contributed by atoms with van der Waals surface area (Å²) in [6.07, 6.45) is -3.54. The first-order valence-electron chi connectivity index (χ1n) is 8.37. The molecule has 144 valence electrons. The maximum atomic E-state index is 12.6. The third-order valence-corrected chi connectivity index (χ3v) is 4.48. The predicted molar refractivity (Wildman–Crippen MR) is 98.0 cm³/mol. The highest BCUT2D eigenvalue weighted by Crippen LogP contribution is 2.29. The molecule has 0 atom stereocenters. The highest BCUT2D eigenvalue weighted by molar-refractivity contribution is 6.30. The molecule has 1 aromatic heterocycles. The van der Waals surface area contributed by atoms with Crippen LogP contribution in [-0.2, 0) is 11.0 Å². The standard InChI is InChI=1S/C18H18ClF3N4O/c19-14-2-1-3-15(10-14)24-17(27)12-25-6-8-26(9-7-25)16-5-4-13(11-23-16)18(20,21)22/h1-5,10-11H,6-9,12H2,(H,24,27). The van der Waals surface area contributed by atoms with Crippen molar-refractivity contribution >= 4 is 29.0 Å². The molecule has 0 bridgehead atoms. The molecule has 1 N–H and O–H groups in total. The maximum Gasteiger partial charge on any atom is 0.417 e. The van der Waals surface area contributed by atoms with Crippen LogP contribution in [0.3, 0.4) is 0 Å². The van der Waals surface area contributed by atoms with Gasteiger partial charge in [-0.15, -0.1) is 0 Å². The van der Waals surface area contributed by atoms with Gasteiger partial charge in [0.05, 0.1) is 12.1 Å². The molecule has 0 spiro atoms. The summed E-state index contributed by atoms with van der Waals surface area (Å²) in [5.41, 5.74) is -0.123. The van der Waals surface area contributed by atoms with Gasteiger partial charge in [0.2, 0.25) is 5.91 Å². The summed E-state index contributed by atoms with van der Waals surface area (Å²) in [6, 6.07) is 9.34. The van der Waals surface area contributed by atoms with Crippen LogP contribution in [0, 0.1) is 0 Å². The lowest BCUT2D eigenvalue weighted by molar-refractivity contribution is -0.137. The fraction of sp³-hybridized carbons (Fsp3) is 0.333. The molecular formula is C18H18ClF3N4O. The van der Waals surface area contributed by atoms with Crippen LogP contribution in [0.25, 0.3) is 0 Å². The Kier molecular flexibility index (Phi) is 5.86. The van der Waals surface area contributed by atoms with Gasteiger partial charge in [0.1, 0.15) is 5.82 Å².